The van der Waals surface area contributed by atoms with E-state index < -0.39 is 0 Å². The molecule has 2 aromatic carbocycles. The highest BCUT2D eigenvalue weighted by atomic mass is 16.5. The standard InChI is InChI=1S/C44H48N10O4/c1-58-40-21-36-32(20-37(40)48-42(56)31-19-30(22-45)23-46-24-31)28-54(50-36)33-7-5-29(6-8-33)27-51-15-10-44(11-16-51)12-17-52(18-13-44)38-4-2-3-34-35(38)25-47-26-39(34)53-14-9-41(55)49-43(53)57/h2-4,19-21,23-26,28-29,33H,5-18,27H2,1H3,(H,48,56)(H,49,55,57)/t29-,33-. The third-order valence-corrected chi connectivity index (χ3v) is 13.1. The average Bonchev–Trinajstić information content (AvgIpc) is 3.67. The van der Waals surface area contributed by atoms with Gasteiger partial charge in [-0.25, -0.2) is 4.79 Å². The van der Waals surface area contributed by atoms with Crippen LogP contribution in [0.15, 0.2) is 67.4 Å². The molecule has 2 N–H and O–H groups in total. The van der Waals surface area contributed by atoms with Crippen LogP contribution in [-0.4, -0.2) is 88.9 Å². The first kappa shape index (κ1) is 37.5. The fourth-order valence-corrected chi connectivity index (χ4v) is 9.68. The Labute approximate surface area is 337 Å². The van der Waals surface area contributed by atoms with E-state index in [1.807, 2.05) is 30.5 Å². The molecule has 1 spiro atoms. The van der Waals surface area contributed by atoms with Gasteiger partial charge in [-0.1, -0.05) is 12.1 Å². The molecule has 3 aliphatic heterocycles. The number of ether oxygens (including phenoxy) is 1. The van der Waals surface area contributed by atoms with Gasteiger partial charge in [0.1, 0.15) is 11.8 Å². The number of imide groups is 1. The van der Waals surface area contributed by atoms with Gasteiger partial charge in [-0.05, 0) is 94.0 Å². The number of anilines is 3. The van der Waals surface area contributed by atoms with Gasteiger partial charge in [-0.2, -0.15) is 10.4 Å². The minimum Gasteiger partial charge on any atom is -0.494 e. The van der Waals surface area contributed by atoms with Crippen LogP contribution >= 0.6 is 0 Å². The highest BCUT2D eigenvalue weighted by molar-refractivity contribution is 6.11. The van der Waals surface area contributed by atoms with Crippen LogP contribution in [0.3, 0.4) is 0 Å². The summed E-state index contributed by atoms with van der Waals surface area (Å²) in [5.74, 6) is 0.613. The summed E-state index contributed by atoms with van der Waals surface area (Å²) in [4.78, 5) is 52.8. The van der Waals surface area contributed by atoms with Crippen molar-refractivity contribution >= 4 is 56.6 Å². The zero-order valence-corrected chi connectivity index (χ0v) is 32.8. The van der Waals surface area contributed by atoms with Crippen LogP contribution in [0.5, 0.6) is 5.75 Å². The minimum absolute atomic E-state index is 0.239. The van der Waals surface area contributed by atoms with Crippen LogP contribution in [0.1, 0.15) is 79.8 Å². The fraction of sp³-hybridized carbons (Fsp3) is 0.432. The number of piperidine rings is 2. The molecule has 1 saturated carbocycles. The number of aromatic nitrogens is 4. The van der Waals surface area contributed by atoms with Crippen molar-refractivity contribution in [2.75, 3.05) is 61.5 Å². The first-order chi connectivity index (χ1) is 28.3. The van der Waals surface area contributed by atoms with E-state index in [0.717, 1.165) is 78.6 Å². The van der Waals surface area contributed by atoms with E-state index in [1.165, 1.54) is 57.0 Å². The average molecular weight is 781 g/mol. The van der Waals surface area contributed by atoms with Gasteiger partial charge in [0.2, 0.25) is 5.91 Å². The monoisotopic (exact) mass is 780 g/mol. The van der Waals surface area contributed by atoms with Crippen molar-refractivity contribution in [3.63, 3.8) is 0 Å². The smallest absolute Gasteiger partial charge is 0.328 e. The molecule has 0 atom stereocenters. The van der Waals surface area contributed by atoms with Crippen molar-refractivity contribution in [1.82, 2.24) is 30.0 Å². The molecule has 5 aromatic rings. The predicted molar refractivity (Wildman–Crippen MR) is 221 cm³/mol. The van der Waals surface area contributed by atoms with Gasteiger partial charge < -0.3 is 19.9 Å². The number of rotatable bonds is 8. The highest BCUT2D eigenvalue weighted by Crippen LogP contribution is 2.44. The lowest BCUT2D eigenvalue weighted by molar-refractivity contribution is -0.120. The topological polar surface area (TPSA) is 162 Å². The number of nitrogens with one attached hydrogen (secondary N) is 2. The second kappa shape index (κ2) is 15.7. The molecule has 0 bridgehead atoms. The van der Waals surface area contributed by atoms with E-state index in [9.17, 15) is 19.6 Å². The molecule has 4 fully saturated rings. The number of nitrogens with zero attached hydrogens (tertiary/aromatic N) is 8. The van der Waals surface area contributed by atoms with E-state index in [0.29, 0.717) is 46.5 Å². The van der Waals surface area contributed by atoms with E-state index >= 15 is 0 Å². The Hall–Kier alpha value is -6.07. The number of benzene rings is 2. The summed E-state index contributed by atoms with van der Waals surface area (Å²) in [5, 5.41) is 22.5. The number of pyridine rings is 2. The molecule has 4 aliphatic rings. The molecular weight excluding hydrogens is 733 g/mol. The molecule has 9 rings (SSSR count). The highest BCUT2D eigenvalue weighted by Gasteiger charge is 2.39. The molecule has 6 heterocycles. The molecular formula is C44H48N10O4. The van der Waals surface area contributed by atoms with Crippen LogP contribution in [0.4, 0.5) is 21.9 Å². The number of hydrogen-bond donors (Lipinski definition) is 2. The van der Waals surface area contributed by atoms with Crippen LogP contribution in [-0.2, 0) is 4.79 Å². The summed E-state index contributed by atoms with van der Waals surface area (Å²) >= 11 is 0. The third kappa shape index (κ3) is 7.42. The summed E-state index contributed by atoms with van der Waals surface area (Å²) in [5.41, 5.74) is 4.30. The number of fused-ring (bicyclic) bond motifs is 2. The maximum absolute atomic E-state index is 13.0. The van der Waals surface area contributed by atoms with Crippen molar-refractivity contribution in [3.8, 4) is 11.8 Å². The SMILES string of the molecule is COc1cc2nn([C@H]3CC[C@H](CN4CCC5(CC4)CCN(c4cccc6c(N7CCC(=O)NC7=O)cncc46)CC5)CC3)cc2cc1NC(=O)c1cncc(C#N)c1. The molecule has 3 saturated heterocycles. The molecule has 0 radical (unpaired) electrons. The molecule has 0 unspecified atom stereocenters. The molecule has 14 heteroatoms. The predicted octanol–water partition coefficient (Wildman–Crippen LogP) is 6.67. The lowest BCUT2D eigenvalue weighted by atomic mass is 9.71. The van der Waals surface area contributed by atoms with Crippen molar-refractivity contribution in [2.24, 2.45) is 11.3 Å². The van der Waals surface area contributed by atoms with Crippen molar-refractivity contribution in [1.29, 1.82) is 5.26 Å². The van der Waals surface area contributed by atoms with Crippen LogP contribution in [0.25, 0.3) is 21.7 Å². The number of carbonyl (C=O) groups is 3. The second-order valence-electron chi connectivity index (χ2n) is 16.5. The molecule has 14 nitrogen and oxygen atoms in total. The fourth-order valence-electron chi connectivity index (χ4n) is 9.68. The van der Waals surface area contributed by atoms with E-state index in [-0.39, 0.29) is 24.3 Å². The zero-order valence-electron chi connectivity index (χ0n) is 32.8. The minimum atomic E-state index is -0.388. The summed E-state index contributed by atoms with van der Waals surface area (Å²) in [7, 11) is 1.58. The first-order valence-corrected chi connectivity index (χ1v) is 20.5. The summed E-state index contributed by atoms with van der Waals surface area (Å²) in [6.07, 6.45) is 18.2. The molecule has 4 amide bonds. The number of likely N-dealkylation sites (tertiary alicyclic amines) is 1. The summed E-state index contributed by atoms with van der Waals surface area (Å²) in [6.45, 7) is 5.85. The van der Waals surface area contributed by atoms with Gasteiger partial charge in [-0.3, -0.25) is 34.5 Å². The number of amides is 4. The Morgan fingerprint density at radius 2 is 1.71 bits per heavy atom. The number of methoxy groups -OCH3 is 1. The largest absolute Gasteiger partial charge is 0.494 e. The van der Waals surface area contributed by atoms with Crippen LogP contribution in [0, 0.1) is 22.7 Å². The molecule has 3 aromatic heterocycles. The Bertz CT molecular complexity index is 2410. The lowest BCUT2D eigenvalue weighted by Crippen LogP contribution is -2.49. The lowest BCUT2D eigenvalue weighted by Gasteiger charge is -2.48. The van der Waals surface area contributed by atoms with Crippen molar-refractivity contribution < 1.29 is 19.1 Å². The third-order valence-electron chi connectivity index (χ3n) is 13.1. The first-order valence-electron chi connectivity index (χ1n) is 20.5. The summed E-state index contributed by atoms with van der Waals surface area (Å²) < 4.78 is 7.72. The molecule has 58 heavy (non-hydrogen) atoms. The van der Waals surface area contributed by atoms with Gasteiger partial charge in [0.25, 0.3) is 5.91 Å². The van der Waals surface area contributed by atoms with Gasteiger partial charge in [0.05, 0.1) is 47.4 Å². The van der Waals surface area contributed by atoms with E-state index in [4.69, 9.17) is 9.84 Å². The summed E-state index contributed by atoms with van der Waals surface area (Å²) in [6, 6.07) is 13.5. The molecule has 298 valence electrons. The number of urea groups is 1. The number of hydrogen-bond acceptors (Lipinski definition) is 10. The number of carbonyl (C=O) groups excluding carboxylic acids is 3. The van der Waals surface area contributed by atoms with Crippen molar-refractivity contribution in [2.45, 2.75) is 63.8 Å². The van der Waals surface area contributed by atoms with Crippen LogP contribution in [0.2, 0.25) is 0 Å². The van der Waals surface area contributed by atoms with E-state index in [1.54, 1.807) is 18.2 Å². The Balaban J connectivity index is 0.768. The Morgan fingerprint density at radius 1 is 0.931 bits per heavy atom. The van der Waals surface area contributed by atoms with Gasteiger partial charge in [0, 0.05) is 85.3 Å². The number of nitriles is 1. The Morgan fingerprint density at radius 3 is 2.47 bits per heavy atom. The second-order valence-corrected chi connectivity index (χ2v) is 16.5. The zero-order chi connectivity index (χ0) is 39.8. The quantitative estimate of drug-likeness (QED) is 0.174. The van der Waals surface area contributed by atoms with E-state index in [2.05, 4.69) is 53.4 Å². The van der Waals surface area contributed by atoms with Crippen LogP contribution < -0.4 is 25.2 Å². The Kier molecular flexibility index (Phi) is 10.2. The molecule has 1 aliphatic carbocycles. The normalized spacial score (nSPS) is 21.2. The maximum Gasteiger partial charge on any atom is 0.328 e. The van der Waals surface area contributed by atoms with Gasteiger partial charge in [-0.15, -0.1) is 0 Å². The van der Waals surface area contributed by atoms with Crippen molar-refractivity contribution in [3.05, 3.63) is 78.5 Å². The van der Waals surface area contributed by atoms with Gasteiger partial charge in [0.15, 0.2) is 0 Å². The van der Waals surface area contributed by atoms with Gasteiger partial charge >= 0.3 is 6.03 Å². The maximum atomic E-state index is 13.0.